The quantitative estimate of drug-likeness (QED) is 0.620. The van der Waals surface area contributed by atoms with Crippen molar-refractivity contribution in [2.45, 2.75) is 6.04 Å². The summed E-state index contributed by atoms with van der Waals surface area (Å²) in [5, 5.41) is 6.85. The summed E-state index contributed by atoms with van der Waals surface area (Å²) in [4.78, 5) is 28.1. The van der Waals surface area contributed by atoms with Crippen LogP contribution in [-0.2, 0) is 9.59 Å². The summed E-state index contributed by atoms with van der Waals surface area (Å²) in [5.74, 6) is -1.27. The SMILES string of the molecule is O=C1[C@@H]2C(c3ccccc3)=NN(c3ccccc3)[C@@H]2C(=O)N1c1cccc(Cl)c1. The molecule has 5 nitrogen and oxygen atoms in total. The highest BCUT2D eigenvalue weighted by Gasteiger charge is 2.57. The standard InChI is InChI=1S/C23H16ClN3O2/c24-16-10-7-13-18(14-16)26-22(28)19-20(15-8-3-1-4-9-15)25-27(21(19)23(26)29)17-11-5-2-6-12-17/h1-14,19,21H/t19-,21+/m1/s1. The van der Waals surface area contributed by atoms with Crippen molar-refractivity contribution < 1.29 is 9.59 Å². The number of hydrogen-bond acceptors (Lipinski definition) is 4. The van der Waals surface area contributed by atoms with Crippen molar-refractivity contribution >= 4 is 40.5 Å². The molecule has 0 spiro atoms. The van der Waals surface area contributed by atoms with E-state index in [2.05, 4.69) is 0 Å². The van der Waals surface area contributed by atoms with Crippen LogP contribution in [0.25, 0.3) is 0 Å². The molecular weight excluding hydrogens is 386 g/mol. The zero-order valence-electron chi connectivity index (χ0n) is 15.3. The van der Waals surface area contributed by atoms with E-state index in [1.165, 1.54) is 4.90 Å². The molecule has 0 aliphatic carbocycles. The number of benzene rings is 3. The van der Waals surface area contributed by atoms with Gasteiger partial charge >= 0.3 is 0 Å². The molecule has 2 aliphatic rings. The van der Waals surface area contributed by atoms with Gasteiger partial charge in [-0.3, -0.25) is 14.6 Å². The van der Waals surface area contributed by atoms with Gasteiger partial charge in [-0.25, -0.2) is 4.90 Å². The highest BCUT2D eigenvalue weighted by atomic mass is 35.5. The van der Waals surface area contributed by atoms with Crippen molar-refractivity contribution in [1.82, 2.24) is 0 Å². The number of imide groups is 1. The lowest BCUT2D eigenvalue weighted by Gasteiger charge is -2.22. The molecule has 142 valence electrons. The molecule has 0 N–H and O–H groups in total. The minimum absolute atomic E-state index is 0.289. The Labute approximate surface area is 172 Å². The van der Waals surface area contributed by atoms with Crippen molar-refractivity contribution in [2.75, 3.05) is 9.91 Å². The summed E-state index contributed by atoms with van der Waals surface area (Å²) < 4.78 is 0. The number of nitrogens with zero attached hydrogens (tertiary/aromatic N) is 3. The van der Waals surface area contributed by atoms with Gasteiger partial charge in [0.25, 0.3) is 5.91 Å². The first-order valence-electron chi connectivity index (χ1n) is 9.27. The minimum atomic E-state index is -0.723. The lowest BCUT2D eigenvalue weighted by molar-refractivity contribution is -0.121. The third-order valence-electron chi connectivity index (χ3n) is 5.21. The zero-order chi connectivity index (χ0) is 20.0. The zero-order valence-corrected chi connectivity index (χ0v) is 16.0. The molecule has 2 heterocycles. The number of halogens is 1. The van der Waals surface area contributed by atoms with Crippen molar-refractivity contribution in [3.63, 3.8) is 0 Å². The maximum Gasteiger partial charge on any atom is 0.259 e. The number of amides is 2. The van der Waals surface area contributed by atoms with E-state index in [1.54, 1.807) is 29.3 Å². The Balaban J connectivity index is 1.64. The van der Waals surface area contributed by atoms with Crippen LogP contribution in [0.3, 0.4) is 0 Å². The molecule has 1 saturated heterocycles. The van der Waals surface area contributed by atoms with E-state index in [9.17, 15) is 9.59 Å². The van der Waals surface area contributed by atoms with Gasteiger partial charge in [0.05, 0.1) is 17.1 Å². The molecule has 0 unspecified atom stereocenters. The fourth-order valence-electron chi connectivity index (χ4n) is 3.93. The van der Waals surface area contributed by atoms with E-state index in [4.69, 9.17) is 16.7 Å². The number of carbonyl (C=O) groups is 2. The Bertz CT molecular complexity index is 1130. The Morgan fingerprint density at radius 1 is 0.759 bits per heavy atom. The number of hydrogen-bond donors (Lipinski definition) is 0. The van der Waals surface area contributed by atoms with Crippen molar-refractivity contribution in [1.29, 1.82) is 0 Å². The van der Waals surface area contributed by atoms with Gasteiger partial charge in [0.15, 0.2) is 0 Å². The lowest BCUT2D eigenvalue weighted by atomic mass is 9.93. The molecule has 1 fully saturated rings. The molecular formula is C23H16ClN3O2. The predicted octanol–water partition coefficient (Wildman–Crippen LogP) is 4.12. The fraction of sp³-hybridized carbons (Fsp3) is 0.0870. The number of anilines is 2. The van der Waals surface area contributed by atoms with Gasteiger partial charge in [-0.05, 0) is 35.9 Å². The molecule has 0 bridgehead atoms. The average molecular weight is 402 g/mol. The summed E-state index contributed by atoms with van der Waals surface area (Å²) in [6, 6.07) is 25.0. The molecule has 2 atom stereocenters. The Morgan fingerprint density at radius 3 is 2.10 bits per heavy atom. The second-order valence-corrected chi connectivity index (χ2v) is 7.38. The van der Waals surface area contributed by atoms with Crippen LogP contribution < -0.4 is 9.91 Å². The Hall–Kier alpha value is -3.44. The normalized spacial score (nSPS) is 20.8. The molecule has 0 saturated carbocycles. The van der Waals surface area contributed by atoms with Gasteiger partial charge in [0.2, 0.25) is 5.91 Å². The number of carbonyl (C=O) groups excluding carboxylic acids is 2. The maximum atomic E-state index is 13.4. The minimum Gasteiger partial charge on any atom is -0.273 e. The van der Waals surface area contributed by atoms with Crippen molar-refractivity contribution in [3.05, 3.63) is 95.5 Å². The third-order valence-corrected chi connectivity index (χ3v) is 5.44. The first-order chi connectivity index (χ1) is 14.1. The highest BCUT2D eigenvalue weighted by molar-refractivity contribution is 6.35. The molecule has 3 aromatic carbocycles. The van der Waals surface area contributed by atoms with E-state index in [-0.39, 0.29) is 11.8 Å². The van der Waals surface area contributed by atoms with Crippen LogP contribution in [0.15, 0.2) is 90.0 Å². The van der Waals surface area contributed by atoms with E-state index in [0.717, 1.165) is 11.3 Å². The van der Waals surface area contributed by atoms with Crippen LogP contribution in [0.1, 0.15) is 5.56 Å². The molecule has 3 aromatic rings. The molecule has 2 amide bonds. The Kier molecular flexibility index (Phi) is 4.18. The van der Waals surface area contributed by atoms with Crippen LogP contribution in [-0.4, -0.2) is 23.6 Å². The topological polar surface area (TPSA) is 53.0 Å². The van der Waals surface area contributed by atoms with Crippen LogP contribution in [0.2, 0.25) is 5.02 Å². The maximum absolute atomic E-state index is 13.4. The largest absolute Gasteiger partial charge is 0.273 e. The van der Waals surface area contributed by atoms with Crippen molar-refractivity contribution in [2.24, 2.45) is 11.0 Å². The highest BCUT2D eigenvalue weighted by Crippen LogP contribution is 2.39. The van der Waals surface area contributed by atoms with Crippen LogP contribution >= 0.6 is 11.6 Å². The number of fused-ring (bicyclic) bond motifs is 1. The van der Waals surface area contributed by atoms with E-state index >= 15 is 0 Å². The fourth-order valence-corrected chi connectivity index (χ4v) is 4.11. The third kappa shape index (κ3) is 2.82. The van der Waals surface area contributed by atoms with Gasteiger partial charge in [0.1, 0.15) is 12.0 Å². The molecule has 0 aromatic heterocycles. The first kappa shape index (κ1) is 17.6. The van der Waals surface area contributed by atoms with Gasteiger partial charge < -0.3 is 0 Å². The smallest absolute Gasteiger partial charge is 0.259 e. The summed E-state index contributed by atoms with van der Waals surface area (Å²) in [6.45, 7) is 0. The molecule has 6 heteroatoms. The summed E-state index contributed by atoms with van der Waals surface area (Å²) in [7, 11) is 0. The van der Waals surface area contributed by atoms with Crippen LogP contribution in [0.5, 0.6) is 0 Å². The summed E-state index contributed by atoms with van der Waals surface area (Å²) in [5.41, 5.74) is 2.67. The first-order valence-corrected chi connectivity index (χ1v) is 9.64. The molecule has 29 heavy (non-hydrogen) atoms. The van der Waals surface area contributed by atoms with Gasteiger partial charge in [-0.15, -0.1) is 0 Å². The van der Waals surface area contributed by atoms with E-state index < -0.39 is 12.0 Å². The van der Waals surface area contributed by atoms with Gasteiger partial charge in [-0.1, -0.05) is 66.2 Å². The van der Waals surface area contributed by atoms with Gasteiger partial charge in [0, 0.05) is 5.02 Å². The second kappa shape index (κ2) is 6.87. The second-order valence-electron chi connectivity index (χ2n) is 6.95. The van der Waals surface area contributed by atoms with E-state index in [1.807, 2.05) is 60.7 Å². The van der Waals surface area contributed by atoms with Crippen LogP contribution in [0.4, 0.5) is 11.4 Å². The van der Waals surface area contributed by atoms with Crippen molar-refractivity contribution in [3.8, 4) is 0 Å². The predicted molar refractivity (Wildman–Crippen MR) is 113 cm³/mol. The monoisotopic (exact) mass is 401 g/mol. The molecule has 5 rings (SSSR count). The van der Waals surface area contributed by atoms with E-state index in [0.29, 0.717) is 16.4 Å². The lowest BCUT2D eigenvalue weighted by Crippen LogP contribution is -2.39. The average Bonchev–Trinajstić information content (AvgIpc) is 3.26. The Morgan fingerprint density at radius 2 is 1.41 bits per heavy atom. The summed E-state index contributed by atoms with van der Waals surface area (Å²) >= 11 is 6.11. The molecule has 0 radical (unpaired) electrons. The number of rotatable bonds is 3. The molecule has 2 aliphatic heterocycles. The van der Waals surface area contributed by atoms with Gasteiger partial charge in [-0.2, -0.15) is 5.10 Å². The summed E-state index contributed by atoms with van der Waals surface area (Å²) in [6.07, 6.45) is 0. The number of hydrazone groups is 1. The van der Waals surface area contributed by atoms with Crippen LogP contribution in [0, 0.1) is 5.92 Å². The number of para-hydroxylation sites is 1.